The molecular formula is C19H19N3O5S. The van der Waals surface area contributed by atoms with Gasteiger partial charge in [0.05, 0.1) is 24.3 Å². The van der Waals surface area contributed by atoms with Crippen molar-refractivity contribution in [2.24, 2.45) is 0 Å². The number of hydrogen-bond donors (Lipinski definition) is 1. The van der Waals surface area contributed by atoms with Crippen LogP contribution in [0.3, 0.4) is 0 Å². The van der Waals surface area contributed by atoms with Gasteiger partial charge in [0, 0.05) is 23.6 Å². The summed E-state index contributed by atoms with van der Waals surface area (Å²) in [6, 6.07) is 12.3. The summed E-state index contributed by atoms with van der Waals surface area (Å²) in [6.45, 7) is 0. The minimum absolute atomic E-state index is 0.0235. The molecule has 2 aromatic carbocycles. The topological polar surface area (TPSA) is 102 Å². The summed E-state index contributed by atoms with van der Waals surface area (Å²) >= 11 is 1.52. The first-order valence-electron chi connectivity index (χ1n) is 8.53. The summed E-state index contributed by atoms with van der Waals surface area (Å²) in [7, 11) is 1.57. The van der Waals surface area contributed by atoms with Gasteiger partial charge in [0.2, 0.25) is 11.8 Å². The maximum absolute atomic E-state index is 12.7. The molecule has 0 radical (unpaired) electrons. The fraction of sp³-hybridized carbons (Fsp3) is 0.263. The molecule has 1 atom stereocenters. The number of carbonyl (C=O) groups is 2. The Hall–Kier alpha value is -3.07. The first-order chi connectivity index (χ1) is 13.5. The van der Waals surface area contributed by atoms with Crippen molar-refractivity contribution in [2.75, 3.05) is 24.1 Å². The number of nitrogens with one attached hydrogen (secondary N) is 1. The summed E-state index contributed by atoms with van der Waals surface area (Å²) in [5.41, 5.74) is 1.27. The van der Waals surface area contributed by atoms with Gasteiger partial charge >= 0.3 is 0 Å². The monoisotopic (exact) mass is 401 g/mol. The average molecular weight is 401 g/mol. The molecule has 8 nitrogen and oxygen atoms in total. The SMILES string of the molecule is COc1ccc(NC(=O)C2CSCN2C(=O)Cc2ccc([N+](=O)[O-])cc2)cc1. The third-order valence-electron chi connectivity index (χ3n) is 4.37. The number of anilines is 1. The van der Waals surface area contributed by atoms with Gasteiger partial charge in [-0.25, -0.2) is 0 Å². The molecule has 0 spiro atoms. The highest BCUT2D eigenvalue weighted by Crippen LogP contribution is 2.24. The molecule has 1 N–H and O–H groups in total. The molecule has 1 saturated heterocycles. The first kappa shape index (κ1) is 19.7. The van der Waals surface area contributed by atoms with E-state index in [1.54, 1.807) is 48.4 Å². The molecule has 1 aliphatic heterocycles. The van der Waals surface area contributed by atoms with Gasteiger partial charge < -0.3 is 15.0 Å². The molecule has 0 aliphatic carbocycles. The molecule has 0 bridgehead atoms. The van der Waals surface area contributed by atoms with Crippen LogP contribution in [0.25, 0.3) is 0 Å². The molecule has 2 amide bonds. The number of hydrogen-bond acceptors (Lipinski definition) is 6. The molecule has 1 heterocycles. The van der Waals surface area contributed by atoms with Crippen LogP contribution in [0.15, 0.2) is 48.5 Å². The smallest absolute Gasteiger partial charge is 0.269 e. The lowest BCUT2D eigenvalue weighted by atomic mass is 10.1. The van der Waals surface area contributed by atoms with E-state index in [2.05, 4.69) is 5.32 Å². The van der Waals surface area contributed by atoms with Crippen LogP contribution in [0.2, 0.25) is 0 Å². The number of methoxy groups -OCH3 is 1. The summed E-state index contributed by atoms with van der Waals surface area (Å²) in [6.07, 6.45) is 0.0882. The van der Waals surface area contributed by atoms with E-state index >= 15 is 0 Å². The van der Waals surface area contributed by atoms with Gasteiger partial charge in [-0.2, -0.15) is 0 Å². The minimum Gasteiger partial charge on any atom is -0.497 e. The van der Waals surface area contributed by atoms with E-state index < -0.39 is 11.0 Å². The Morgan fingerprint density at radius 3 is 2.50 bits per heavy atom. The zero-order chi connectivity index (χ0) is 20.1. The van der Waals surface area contributed by atoms with Crippen molar-refractivity contribution < 1.29 is 19.2 Å². The maximum Gasteiger partial charge on any atom is 0.269 e. The Bertz CT molecular complexity index is 870. The van der Waals surface area contributed by atoms with E-state index in [0.717, 1.165) is 0 Å². The van der Waals surface area contributed by atoms with Crippen LogP contribution in [-0.2, 0) is 16.0 Å². The molecule has 1 fully saturated rings. The summed E-state index contributed by atoms with van der Waals surface area (Å²) < 4.78 is 5.09. The zero-order valence-corrected chi connectivity index (χ0v) is 16.0. The van der Waals surface area contributed by atoms with Gasteiger partial charge in [-0.3, -0.25) is 19.7 Å². The van der Waals surface area contributed by atoms with Crippen molar-refractivity contribution in [2.45, 2.75) is 12.5 Å². The van der Waals surface area contributed by atoms with Crippen LogP contribution in [0, 0.1) is 10.1 Å². The highest BCUT2D eigenvalue weighted by molar-refractivity contribution is 7.99. The average Bonchev–Trinajstić information content (AvgIpc) is 3.19. The third-order valence-corrected chi connectivity index (χ3v) is 5.38. The normalized spacial score (nSPS) is 15.9. The molecule has 9 heteroatoms. The number of non-ortho nitro benzene ring substituents is 1. The Kier molecular flexibility index (Phi) is 6.15. The molecule has 3 rings (SSSR count). The zero-order valence-electron chi connectivity index (χ0n) is 15.2. The molecule has 28 heavy (non-hydrogen) atoms. The van der Waals surface area contributed by atoms with E-state index in [0.29, 0.717) is 28.6 Å². The van der Waals surface area contributed by atoms with Crippen molar-refractivity contribution in [1.29, 1.82) is 0 Å². The number of nitrogens with zero attached hydrogens (tertiary/aromatic N) is 2. The molecule has 1 unspecified atom stereocenters. The predicted octanol–water partition coefficient (Wildman–Crippen LogP) is 2.69. The minimum atomic E-state index is -0.558. The van der Waals surface area contributed by atoms with Gasteiger partial charge in [0.1, 0.15) is 11.8 Å². The van der Waals surface area contributed by atoms with Crippen LogP contribution >= 0.6 is 11.8 Å². The fourth-order valence-electron chi connectivity index (χ4n) is 2.82. The number of thioether (sulfide) groups is 1. The maximum atomic E-state index is 12.7. The number of carbonyl (C=O) groups excluding carboxylic acids is 2. The Labute approximate surface area is 166 Å². The Morgan fingerprint density at radius 1 is 1.21 bits per heavy atom. The predicted molar refractivity (Wildman–Crippen MR) is 106 cm³/mol. The van der Waals surface area contributed by atoms with Crippen molar-refractivity contribution in [3.63, 3.8) is 0 Å². The van der Waals surface area contributed by atoms with Crippen molar-refractivity contribution in [3.05, 3.63) is 64.2 Å². The van der Waals surface area contributed by atoms with Crippen LogP contribution < -0.4 is 10.1 Å². The summed E-state index contributed by atoms with van der Waals surface area (Å²) in [4.78, 5) is 37.1. The van der Waals surface area contributed by atoms with E-state index in [4.69, 9.17) is 4.74 Å². The van der Waals surface area contributed by atoms with Crippen LogP contribution in [0.5, 0.6) is 5.75 Å². The van der Waals surface area contributed by atoms with Crippen LogP contribution in [0.4, 0.5) is 11.4 Å². The van der Waals surface area contributed by atoms with Gasteiger partial charge in [-0.05, 0) is 29.8 Å². The van der Waals surface area contributed by atoms with E-state index in [9.17, 15) is 19.7 Å². The van der Waals surface area contributed by atoms with Gasteiger partial charge in [-0.15, -0.1) is 11.8 Å². The highest BCUT2D eigenvalue weighted by atomic mass is 32.2. The molecular weight excluding hydrogens is 382 g/mol. The number of rotatable bonds is 6. The summed E-state index contributed by atoms with van der Waals surface area (Å²) in [5, 5.41) is 13.6. The lowest BCUT2D eigenvalue weighted by molar-refractivity contribution is -0.384. The van der Waals surface area contributed by atoms with Crippen molar-refractivity contribution in [1.82, 2.24) is 4.90 Å². The lowest BCUT2D eigenvalue weighted by Gasteiger charge is -2.23. The van der Waals surface area contributed by atoms with E-state index in [1.807, 2.05) is 0 Å². The molecule has 0 saturated carbocycles. The van der Waals surface area contributed by atoms with Crippen molar-refractivity contribution >= 4 is 35.0 Å². The lowest BCUT2D eigenvalue weighted by Crippen LogP contribution is -2.45. The van der Waals surface area contributed by atoms with E-state index in [-0.39, 0.29) is 23.9 Å². The van der Waals surface area contributed by atoms with Gasteiger partial charge in [-0.1, -0.05) is 12.1 Å². The van der Waals surface area contributed by atoms with Crippen LogP contribution in [-0.4, -0.2) is 46.4 Å². The second-order valence-electron chi connectivity index (χ2n) is 6.20. The second-order valence-corrected chi connectivity index (χ2v) is 7.20. The molecule has 2 aromatic rings. The van der Waals surface area contributed by atoms with Gasteiger partial charge in [0.25, 0.3) is 5.69 Å². The van der Waals surface area contributed by atoms with Crippen molar-refractivity contribution in [3.8, 4) is 5.75 Å². The third kappa shape index (κ3) is 4.61. The number of benzene rings is 2. The largest absolute Gasteiger partial charge is 0.497 e. The Balaban J connectivity index is 1.63. The highest BCUT2D eigenvalue weighted by Gasteiger charge is 2.34. The summed E-state index contributed by atoms with van der Waals surface area (Å²) in [5.74, 6) is 1.22. The quantitative estimate of drug-likeness (QED) is 0.590. The number of amides is 2. The number of ether oxygens (including phenoxy) is 1. The molecule has 146 valence electrons. The molecule has 0 aromatic heterocycles. The Morgan fingerprint density at radius 2 is 1.89 bits per heavy atom. The molecule has 1 aliphatic rings. The van der Waals surface area contributed by atoms with Crippen LogP contribution in [0.1, 0.15) is 5.56 Å². The fourth-order valence-corrected chi connectivity index (χ4v) is 4.00. The second kappa shape index (κ2) is 8.75. The number of nitro benzene ring substituents is 1. The van der Waals surface area contributed by atoms with E-state index in [1.165, 1.54) is 23.9 Å². The van der Waals surface area contributed by atoms with Gasteiger partial charge in [0.15, 0.2) is 0 Å². The standard InChI is InChI=1S/C19H19N3O5S/c1-27-16-8-4-14(5-9-16)20-19(24)17-11-28-12-21(17)18(23)10-13-2-6-15(7-3-13)22(25)26/h2-9,17H,10-12H2,1H3,(H,20,24). The number of nitro groups is 1. The first-order valence-corrected chi connectivity index (χ1v) is 9.69.